The molecule has 0 spiro atoms. The van der Waals surface area contributed by atoms with Crippen LogP contribution in [0.2, 0.25) is 0 Å². The smallest absolute Gasteiger partial charge is 0.320 e. The van der Waals surface area contributed by atoms with Crippen LogP contribution < -0.4 is 5.32 Å². The molecular weight excluding hydrogens is 210 g/mol. The fourth-order valence-electron chi connectivity index (χ4n) is 1.80. The predicted octanol–water partition coefficient (Wildman–Crippen LogP) is 2.11. The third-order valence-corrected chi connectivity index (χ3v) is 4.16. The van der Waals surface area contributed by atoms with Gasteiger partial charge in [0.1, 0.15) is 6.04 Å². The van der Waals surface area contributed by atoms with Gasteiger partial charge in [0, 0.05) is 11.8 Å². The van der Waals surface area contributed by atoms with Crippen LogP contribution in [0, 0.1) is 0 Å². The molecular formula is C11H21NO2S. The number of rotatable bonds is 7. The largest absolute Gasteiger partial charge is 0.480 e. The Labute approximate surface area is 96.0 Å². The monoisotopic (exact) mass is 231 g/mol. The van der Waals surface area contributed by atoms with Crippen molar-refractivity contribution in [1.82, 2.24) is 5.32 Å². The minimum absolute atomic E-state index is 0.342. The van der Waals surface area contributed by atoms with Crippen LogP contribution in [-0.2, 0) is 4.79 Å². The number of carbonyl (C=O) groups is 1. The number of carboxylic acid groups (broad SMARTS) is 1. The van der Waals surface area contributed by atoms with E-state index in [0.29, 0.717) is 5.25 Å². The maximum absolute atomic E-state index is 10.9. The number of aliphatic carboxylic acids is 1. The molecule has 3 nitrogen and oxygen atoms in total. The van der Waals surface area contributed by atoms with Crippen molar-refractivity contribution in [2.24, 2.45) is 0 Å². The second-order valence-electron chi connectivity index (χ2n) is 4.08. The van der Waals surface area contributed by atoms with Crippen LogP contribution in [0.4, 0.5) is 0 Å². The molecule has 1 aliphatic rings. The molecule has 1 saturated heterocycles. The summed E-state index contributed by atoms with van der Waals surface area (Å²) in [6.07, 6.45) is 5.32. The Morgan fingerprint density at radius 2 is 2.47 bits per heavy atom. The highest BCUT2D eigenvalue weighted by molar-refractivity contribution is 8.00. The first-order valence-electron chi connectivity index (χ1n) is 5.81. The molecule has 2 atom stereocenters. The third kappa shape index (κ3) is 4.89. The zero-order valence-electron chi connectivity index (χ0n) is 9.37. The first kappa shape index (κ1) is 12.8. The summed E-state index contributed by atoms with van der Waals surface area (Å²) in [5.74, 6) is 0.533. The van der Waals surface area contributed by atoms with Crippen molar-refractivity contribution >= 4 is 17.7 Å². The van der Waals surface area contributed by atoms with Gasteiger partial charge in [-0.15, -0.1) is 0 Å². The van der Waals surface area contributed by atoms with E-state index in [1.54, 1.807) is 0 Å². The van der Waals surface area contributed by atoms with Crippen molar-refractivity contribution in [2.75, 3.05) is 12.3 Å². The van der Waals surface area contributed by atoms with Crippen LogP contribution in [0.1, 0.15) is 39.0 Å². The van der Waals surface area contributed by atoms with E-state index in [-0.39, 0.29) is 6.04 Å². The van der Waals surface area contributed by atoms with Crippen molar-refractivity contribution in [2.45, 2.75) is 50.3 Å². The molecule has 0 amide bonds. The summed E-state index contributed by atoms with van der Waals surface area (Å²) in [4.78, 5) is 10.9. The molecule has 0 aromatic rings. The van der Waals surface area contributed by atoms with Gasteiger partial charge in [-0.3, -0.25) is 4.79 Å². The van der Waals surface area contributed by atoms with Gasteiger partial charge in [-0.2, -0.15) is 11.8 Å². The minimum atomic E-state index is -0.702. The summed E-state index contributed by atoms with van der Waals surface area (Å²) >= 11 is 1.96. The number of hydrogen-bond donors (Lipinski definition) is 2. The van der Waals surface area contributed by atoms with Gasteiger partial charge in [0.15, 0.2) is 0 Å². The predicted molar refractivity (Wildman–Crippen MR) is 64.4 cm³/mol. The zero-order chi connectivity index (χ0) is 11.1. The Morgan fingerprint density at radius 1 is 1.67 bits per heavy atom. The number of hydrogen-bond acceptors (Lipinski definition) is 3. The van der Waals surface area contributed by atoms with E-state index in [9.17, 15) is 4.79 Å². The molecule has 0 saturated carbocycles. The zero-order valence-corrected chi connectivity index (χ0v) is 10.2. The molecule has 88 valence electrons. The Balaban J connectivity index is 2.20. The van der Waals surface area contributed by atoms with Gasteiger partial charge < -0.3 is 10.4 Å². The number of carboxylic acids is 1. The highest BCUT2D eigenvalue weighted by Crippen LogP contribution is 2.25. The summed E-state index contributed by atoms with van der Waals surface area (Å²) in [7, 11) is 0. The first-order chi connectivity index (χ1) is 7.24. The van der Waals surface area contributed by atoms with E-state index in [4.69, 9.17) is 5.11 Å². The van der Waals surface area contributed by atoms with Crippen molar-refractivity contribution < 1.29 is 9.90 Å². The minimum Gasteiger partial charge on any atom is -0.480 e. The first-order valence-corrected chi connectivity index (χ1v) is 6.86. The van der Waals surface area contributed by atoms with Crippen LogP contribution in [0.3, 0.4) is 0 Å². The van der Waals surface area contributed by atoms with E-state index in [1.807, 2.05) is 11.8 Å². The lowest BCUT2D eigenvalue weighted by Crippen LogP contribution is -2.39. The highest BCUT2D eigenvalue weighted by atomic mass is 32.2. The molecule has 1 aliphatic heterocycles. The van der Waals surface area contributed by atoms with E-state index >= 15 is 0 Å². The summed E-state index contributed by atoms with van der Waals surface area (Å²) in [6, 6.07) is -0.342. The quantitative estimate of drug-likeness (QED) is 0.704. The number of nitrogens with one attached hydrogen (secondary N) is 1. The van der Waals surface area contributed by atoms with Gasteiger partial charge in [-0.1, -0.05) is 19.8 Å². The normalized spacial score (nSPS) is 22.9. The van der Waals surface area contributed by atoms with Crippen molar-refractivity contribution in [3.63, 3.8) is 0 Å². The molecule has 0 radical (unpaired) electrons. The summed E-state index contributed by atoms with van der Waals surface area (Å²) in [5.41, 5.74) is 0. The van der Waals surface area contributed by atoms with Crippen molar-refractivity contribution in [3.8, 4) is 0 Å². The van der Waals surface area contributed by atoms with E-state index in [1.165, 1.54) is 18.6 Å². The topological polar surface area (TPSA) is 49.3 Å². The average Bonchev–Trinajstić information content (AvgIpc) is 2.70. The fraction of sp³-hybridized carbons (Fsp3) is 0.909. The van der Waals surface area contributed by atoms with Crippen LogP contribution in [-0.4, -0.2) is 34.7 Å². The second-order valence-corrected chi connectivity index (χ2v) is 5.48. The van der Waals surface area contributed by atoms with Gasteiger partial charge >= 0.3 is 5.97 Å². The maximum Gasteiger partial charge on any atom is 0.320 e. The van der Waals surface area contributed by atoms with E-state index in [2.05, 4.69) is 12.2 Å². The van der Waals surface area contributed by atoms with E-state index < -0.39 is 5.97 Å². The molecule has 0 bridgehead atoms. The van der Waals surface area contributed by atoms with E-state index in [0.717, 1.165) is 25.8 Å². The average molecular weight is 231 g/mol. The molecule has 4 heteroatoms. The standard InChI is InChI=1S/C11H21NO2S/c1-2-3-6-10(11(13)14)12-8-9-5-4-7-15-9/h9-10,12H,2-8H2,1H3,(H,13,14). The molecule has 2 unspecified atom stereocenters. The van der Waals surface area contributed by atoms with Crippen molar-refractivity contribution in [1.29, 1.82) is 0 Å². The molecule has 0 aromatic heterocycles. The van der Waals surface area contributed by atoms with Crippen LogP contribution in [0.5, 0.6) is 0 Å². The van der Waals surface area contributed by atoms with Crippen LogP contribution in [0.25, 0.3) is 0 Å². The molecule has 0 aromatic carbocycles. The fourth-order valence-corrected chi connectivity index (χ4v) is 3.01. The molecule has 0 aliphatic carbocycles. The van der Waals surface area contributed by atoms with Gasteiger partial charge in [0.25, 0.3) is 0 Å². The molecule has 1 rings (SSSR count). The Hall–Kier alpha value is -0.220. The summed E-state index contributed by atoms with van der Waals surface area (Å²) < 4.78 is 0. The lowest BCUT2D eigenvalue weighted by atomic mass is 10.1. The van der Waals surface area contributed by atoms with Crippen molar-refractivity contribution in [3.05, 3.63) is 0 Å². The second kappa shape index (κ2) is 7.12. The third-order valence-electron chi connectivity index (χ3n) is 2.76. The Bertz CT molecular complexity index is 193. The van der Waals surface area contributed by atoms with Gasteiger partial charge in [-0.25, -0.2) is 0 Å². The van der Waals surface area contributed by atoms with Crippen LogP contribution >= 0.6 is 11.8 Å². The molecule has 15 heavy (non-hydrogen) atoms. The van der Waals surface area contributed by atoms with Gasteiger partial charge in [-0.05, 0) is 25.0 Å². The lowest BCUT2D eigenvalue weighted by molar-refractivity contribution is -0.139. The van der Waals surface area contributed by atoms with Gasteiger partial charge in [0.2, 0.25) is 0 Å². The SMILES string of the molecule is CCCCC(NCC1CCCS1)C(=O)O. The maximum atomic E-state index is 10.9. The lowest BCUT2D eigenvalue weighted by Gasteiger charge is -2.16. The summed E-state index contributed by atoms with van der Waals surface area (Å²) in [5, 5.41) is 12.8. The number of thioether (sulfide) groups is 1. The Kier molecular flexibility index (Phi) is 6.10. The van der Waals surface area contributed by atoms with Crippen LogP contribution in [0.15, 0.2) is 0 Å². The van der Waals surface area contributed by atoms with Gasteiger partial charge in [0.05, 0.1) is 0 Å². The Morgan fingerprint density at radius 3 is 3.00 bits per heavy atom. The molecule has 2 N–H and O–H groups in total. The molecule has 1 heterocycles. The highest BCUT2D eigenvalue weighted by Gasteiger charge is 2.20. The number of unbranched alkanes of at least 4 members (excludes halogenated alkanes) is 1. The summed E-state index contributed by atoms with van der Waals surface area (Å²) in [6.45, 7) is 2.94. The molecule has 1 fully saturated rings.